The quantitative estimate of drug-likeness (QED) is 0.772. The molecule has 2 nitrogen and oxygen atoms in total. The minimum absolute atomic E-state index is 0.728. The van der Waals surface area contributed by atoms with Gasteiger partial charge in [0.1, 0.15) is 0 Å². The highest BCUT2D eigenvalue weighted by Crippen LogP contribution is 2.34. The molecular weight excluding hydrogens is 196 g/mol. The predicted molar refractivity (Wildman–Crippen MR) is 69.6 cm³/mol. The first-order valence-corrected chi connectivity index (χ1v) is 7.12. The van der Waals surface area contributed by atoms with E-state index in [1.807, 2.05) is 0 Å². The highest BCUT2D eigenvalue weighted by atomic mass is 15.2. The van der Waals surface area contributed by atoms with Gasteiger partial charge in [-0.05, 0) is 58.0 Å². The maximum absolute atomic E-state index is 3.53. The van der Waals surface area contributed by atoms with Gasteiger partial charge in [-0.3, -0.25) is 0 Å². The SMILES string of the molecule is CCC1CCC(NC)C(N(C)CC2CC2)C1. The van der Waals surface area contributed by atoms with Gasteiger partial charge in [0.25, 0.3) is 0 Å². The van der Waals surface area contributed by atoms with Crippen LogP contribution >= 0.6 is 0 Å². The van der Waals surface area contributed by atoms with E-state index in [1.54, 1.807) is 0 Å². The summed E-state index contributed by atoms with van der Waals surface area (Å²) >= 11 is 0. The Hall–Kier alpha value is -0.0800. The number of hydrogen-bond donors (Lipinski definition) is 1. The van der Waals surface area contributed by atoms with Crippen LogP contribution in [0.25, 0.3) is 0 Å². The summed E-state index contributed by atoms with van der Waals surface area (Å²) in [7, 11) is 4.47. The van der Waals surface area contributed by atoms with Crippen LogP contribution in [0.1, 0.15) is 45.4 Å². The van der Waals surface area contributed by atoms with Crippen LogP contribution in [0.5, 0.6) is 0 Å². The van der Waals surface area contributed by atoms with Gasteiger partial charge in [0.2, 0.25) is 0 Å². The van der Waals surface area contributed by atoms with Crippen molar-refractivity contribution in [2.75, 3.05) is 20.6 Å². The van der Waals surface area contributed by atoms with Gasteiger partial charge in [-0.25, -0.2) is 0 Å². The first kappa shape index (κ1) is 12.4. The standard InChI is InChI=1S/C14H28N2/c1-4-11-7-8-13(15-2)14(9-11)16(3)10-12-5-6-12/h11-15H,4-10H2,1-3H3. The lowest BCUT2D eigenvalue weighted by molar-refractivity contribution is 0.117. The summed E-state index contributed by atoms with van der Waals surface area (Å²) in [5.41, 5.74) is 0. The lowest BCUT2D eigenvalue weighted by Crippen LogP contribution is -2.51. The molecule has 0 spiro atoms. The second kappa shape index (κ2) is 5.50. The van der Waals surface area contributed by atoms with Crippen LogP contribution in [0.15, 0.2) is 0 Å². The van der Waals surface area contributed by atoms with Crippen molar-refractivity contribution >= 4 is 0 Å². The van der Waals surface area contributed by atoms with Gasteiger partial charge in [-0.1, -0.05) is 13.3 Å². The number of likely N-dealkylation sites (N-methyl/N-ethyl adjacent to an activating group) is 2. The molecule has 0 saturated heterocycles. The van der Waals surface area contributed by atoms with Gasteiger partial charge in [0.05, 0.1) is 0 Å². The lowest BCUT2D eigenvalue weighted by atomic mass is 9.80. The number of nitrogens with zero attached hydrogens (tertiary/aromatic N) is 1. The molecule has 3 atom stereocenters. The van der Waals surface area contributed by atoms with E-state index in [2.05, 4.69) is 31.2 Å². The van der Waals surface area contributed by atoms with Crippen LogP contribution in [0.3, 0.4) is 0 Å². The Kier molecular flexibility index (Phi) is 4.26. The predicted octanol–water partition coefficient (Wildman–Crippen LogP) is 2.49. The van der Waals surface area contributed by atoms with Crippen molar-refractivity contribution in [2.24, 2.45) is 11.8 Å². The van der Waals surface area contributed by atoms with Gasteiger partial charge in [0.15, 0.2) is 0 Å². The zero-order chi connectivity index (χ0) is 11.5. The Morgan fingerprint density at radius 3 is 2.38 bits per heavy atom. The van der Waals surface area contributed by atoms with Crippen LogP contribution in [0.4, 0.5) is 0 Å². The minimum atomic E-state index is 0.728. The Morgan fingerprint density at radius 2 is 1.81 bits per heavy atom. The molecular formula is C14H28N2. The van der Waals surface area contributed by atoms with Crippen LogP contribution < -0.4 is 5.32 Å². The van der Waals surface area contributed by atoms with E-state index in [4.69, 9.17) is 0 Å². The molecule has 16 heavy (non-hydrogen) atoms. The number of nitrogens with one attached hydrogen (secondary N) is 1. The molecule has 2 heteroatoms. The fourth-order valence-corrected chi connectivity index (χ4v) is 3.27. The summed E-state index contributed by atoms with van der Waals surface area (Å²) in [5.74, 6) is 1.99. The second-order valence-corrected chi connectivity index (χ2v) is 5.93. The third-order valence-corrected chi connectivity index (χ3v) is 4.68. The van der Waals surface area contributed by atoms with Gasteiger partial charge in [-0.2, -0.15) is 0 Å². The summed E-state index contributed by atoms with van der Waals surface area (Å²) in [6, 6.07) is 1.51. The van der Waals surface area contributed by atoms with Crippen LogP contribution in [0.2, 0.25) is 0 Å². The van der Waals surface area contributed by atoms with Crippen molar-refractivity contribution in [2.45, 2.75) is 57.5 Å². The minimum Gasteiger partial charge on any atom is -0.315 e. The van der Waals surface area contributed by atoms with Gasteiger partial charge < -0.3 is 10.2 Å². The summed E-state index contributed by atoms with van der Waals surface area (Å²) < 4.78 is 0. The molecule has 2 rings (SSSR count). The molecule has 0 aliphatic heterocycles. The molecule has 2 aliphatic carbocycles. The molecule has 0 amide bonds. The van der Waals surface area contributed by atoms with E-state index in [9.17, 15) is 0 Å². The summed E-state index contributed by atoms with van der Waals surface area (Å²) in [4.78, 5) is 2.64. The highest BCUT2D eigenvalue weighted by Gasteiger charge is 2.33. The van der Waals surface area contributed by atoms with E-state index >= 15 is 0 Å². The maximum Gasteiger partial charge on any atom is 0.0248 e. The van der Waals surface area contributed by atoms with Crippen molar-refractivity contribution < 1.29 is 0 Å². The van der Waals surface area contributed by atoms with E-state index in [-0.39, 0.29) is 0 Å². The average molecular weight is 224 g/mol. The molecule has 0 aromatic rings. The molecule has 2 fully saturated rings. The molecule has 0 aromatic carbocycles. The summed E-state index contributed by atoms with van der Waals surface area (Å²) in [5, 5.41) is 3.53. The van der Waals surface area contributed by atoms with Gasteiger partial charge in [0, 0.05) is 18.6 Å². The first-order valence-electron chi connectivity index (χ1n) is 7.12. The Labute approximate surface area is 101 Å². The molecule has 3 unspecified atom stereocenters. The Balaban J connectivity index is 1.89. The van der Waals surface area contributed by atoms with Crippen LogP contribution in [0, 0.1) is 11.8 Å². The first-order chi connectivity index (χ1) is 7.74. The zero-order valence-electron chi connectivity index (χ0n) is 11.2. The topological polar surface area (TPSA) is 15.3 Å². The molecule has 0 radical (unpaired) electrons. The number of rotatable bonds is 5. The van der Waals surface area contributed by atoms with Gasteiger partial charge in [-0.15, -0.1) is 0 Å². The Bertz CT molecular complexity index is 213. The molecule has 94 valence electrons. The van der Waals surface area contributed by atoms with E-state index in [0.717, 1.165) is 23.9 Å². The van der Waals surface area contributed by atoms with Crippen LogP contribution in [-0.4, -0.2) is 37.6 Å². The molecule has 0 heterocycles. The van der Waals surface area contributed by atoms with Crippen molar-refractivity contribution in [3.05, 3.63) is 0 Å². The monoisotopic (exact) mass is 224 g/mol. The van der Waals surface area contributed by atoms with Crippen molar-refractivity contribution in [1.82, 2.24) is 10.2 Å². The second-order valence-electron chi connectivity index (χ2n) is 5.93. The van der Waals surface area contributed by atoms with Crippen LogP contribution in [-0.2, 0) is 0 Å². The molecule has 0 aromatic heterocycles. The maximum atomic E-state index is 3.53. The van der Waals surface area contributed by atoms with E-state index in [1.165, 1.54) is 45.1 Å². The van der Waals surface area contributed by atoms with Crippen molar-refractivity contribution in [3.8, 4) is 0 Å². The zero-order valence-corrected chi connectivity index (χ0v) is 11.2. The molecule has 2 saturated carbocycles. The average Bonchev–Trinajstić information content (AvgIpc) is 3.12. The largest absolute Gasteiger partial charge is 0.315 e. The third kappa shape index (κ3) is 2.98. The third-order valence-electron chi connectivity index (χ3n) is 4.68. The van der Waals surface area contributed by atoms with Gasteiger partial charge >= 0.3 is 0 Å². The van der Waals surface area contributed by atoms with E-state index in [0.29, 0.717) is 0 Å². The molecule has 1 N–H and O–H groups in total. The fraction of sp³-hybridized carbons (Fsp3) is 1.00. The fourth-order valence-electron chi connectivity index (χ4n) is 3.27. The highest BCUT2D eigenvalue weighted by molar-refractivity contribution is 4.91. The smallest absolute Gasteiger partial charge is 0.0248 e. The summed E-state index contributed by atoms with van der Waals surface area (Å²) in [6.45, 7) is 3.68. The van der Waals surface area contributed by atoms with Crippen molar-refractivity contribution in [1.29, 1.82) is 0 Å². The number of hydrogen-bond acceptors (Lipinski definition) is 2. The van der Waals surface area contributed by atoms with Crippen molar-refractivity contribution in [3.63, 3.8) is 0 Å². The normalized spacial score (nSPS) is 35.6. The van der Waals surface area contributed by atoms with E-state index < -0.39 is 0 Å². The molecule has 0 bridgehead atoms. The Morgan fingerprint density at radius 1 is 1.12 bits per heavy atom. The lowest BCUT2D eigenvalue weighted by Gasteiger charge is -2.41. The summed E-state index contributed by atoms with van der Waals surface area (Å²) in [6.07, 6.45) is 8.51. The molecule has 2 aliphatic rings.